The van der Waals surface area contributed by atoms with Gasteiger partial charge in [-0.1, -0.05) is 24.3 Å². The van der Waals surface area contributed by atoms with E-state index in [1.165, 1.54) is 6.07 Å². The van der Waals surface area contributed by atoms with Crippen LogP contribution in [0.2, 0.25) is 0 Å². The summed E-state index contributed by atoms with van der Waals surface area (Å²) in [5.41, 5.74) is 0.417. The van der Waals surface area contributed by atoms with Crippen LogP contribution in [0.25, 0.3) is 0 Å². The number of amides is 1. The summed E-state index contributed by atoms with van der Waals surface area (Å²) in [7, 11) is 0. The highest BCUT2D eigenvalue weighted by atomic mass is 19.3. The quantitative estimate of drug-likeness (QED) is 0.862. The van der Waals surface area contributed by atoms with Gasteiger partial charge in [0.05, 0.1) is 5.60 Å². The molecule has 1 aromatic carbocycles. The molecule has 1 N–H and O–H groups in total. The zero-order valence-electron chi connectivity index (χ0n) is 15.5. The molecular formula is C21H29F2NO2. The number of benzene rings is 1. The van der Waals surface area contributed by atoms with Gasteiger partial charge < -0.3 is 10.0 Å². The van der Waals surface area contributed by atoms with E-state index in [0.717, 1.165) is 50.8 Å². The van der Waals surface area contributed by atoms with E-state index in [1.807, 2.05) is 11.0 Å². The van der Waals surface area contributed by atoms with Crippen LogP contribution in [-0.2, 0) is 11.2 Å². The van der Waals surface area contributed by atoms with E-state index >= 15 is 0 Å². The SMILES string of the molecule is C[C@]1(O)C[C@@H](C(=O)N2CCCC(Cc3cccc(C(F)F)c3)CCC2)C1. The number of hydrogen-bond donors (Lipinski definition) is 1. The van der Waals surface area contributed by atoms with Crippen molar-refractivity contribution in [3.8, 4) is 0 Å². The van der Waals surface area contributed by atoms with Crippen LogP contribution in [-0.4, -0.2) is 34.6 Å². The summed E-state index contributed by atoms with van der Waals surface area (Å²) in [6, 6.07) is 6.76. The van der Waals surface area contributed by atoms with Crippen molar-refractivity contribution in [2.45, 2.75) is 63.9 Å². The fourth-order valence-corrected chi connectivity index (χ4v) is 4.45. The van der Waals surface area contributed by atoms with Gasteiger partial charge in [0.2, 0.25) is 5.91 Å². The number of nitrogens with zero attached hydrogens (tertiary/aromatic N) is 1. The lowest BCUT2D eigenvalue weighted by molar-refractivity contribution is -0.150. The molecule has 0 spiro atoms. The lowest BCUT2D eigenvalue weighted by Crippen LogP contribution is -2.50. The maximum atomic E-state index is 12.9. The molecule has 1 aromatic rings. The molecule has 1 aliphatic carbocycles. The van der Waals surface area contributed by atoms with Gasteiger partial charge in [-0.3, -0.25) is 4.79 Å². The van der Waals surface area contributed by atoms with E-state index in [4.69, 9.17) is 0 Å². The zero-order chi connectivity index (χ0) is 18.7. The van der Waals surface area contributed by atoms with Crippen LogP contribution in [0.1, 0.15) is 63.0 Å². The second kappa shape index (κ2) is 8.03. The normalized spacial score (nSPS) is 27.7. The van der Waals surface area contributed by atoms with E-state index in [-0.39, 0.29) is 17.4 Å². The minimum absolute atomic E-state index is 0.0164. The van der Waals surface area contributed by atoms with Crippen molar-refractivity contribution in [1.29, 1.82) is 0 Å². The predicted octanol–water partition coefficient (Wildman–Crippen LogP) is 4.35. The van der Waals surface area contributed by atoms with Crippen molar-refractivity contribution in [3.63, 3.8) is 0 Å². The van der Waals surface area contributed by atoms with Crippen molar-refractivity contribution in [1.82, 2.24) is 4.90 Å². The van der Waals surface area contributed by atoms with Crippen LogP contribution >= 0.6 is 0 Å². The highest BCUT2D eigenvalue weighted by molar-refractivity contribution is 5.80. The van der Waals surface area contributed by atoms with E-state index in [0.29, 0.717) is 18.8 Å². The number of aliphatic hydroxyl groups is 1. The molecule has 1 saturated heterocycles. The molecule has 3 nitrogen and oxygen atoms in total. The number of carbonyl (C=O) groups excluding carboxylic acids is 1. The second-order valence-corrected chi connectivity index (χ2v) is 8.33. The summed E-state index contributed by atoms with van der Waals surface area (Å²) >= 11 is 0. The number of halogens is 2. The number of alkyl halides is 2. The fourth-order valence-electron chi connectivity index (χ4n) is 4.45. The average Bonchev–Trinajstić information content (AvgIpc) is 2.54. The number of rotatable bonds is 4. The Bertz CT molecular complexity index is 614. The lowest BCUT2D eigenvalue weighted by Gasteiger charge is -2.42. The van der Waals surface area contributed by atoms with E-state index in [2.05, 4.69) is 0 Å². The van der Waals surface area contributed by atoms with Crippen LogP contribution in [0.15, 0.2) is 24.3 Å². The molecule has 0 radical (unpaired) electrons. The topological polar surface area (TPSA) is 40.5 Å². The highest BCUT2D eigenvalue weighted by Gasteiger charge is 2.43. The third-order valence-electron chi connectivity index (χ3n) is 5.84. The summed E-state index contributed by atoms with van der Waals surface area (Å²) in [6.07, 6.45) is 3.51. The van der Waals surface area contributed by atoms with Gasteiger partial charge in [-0.25, -0.2) is 8.78 Å². The second-order valence-electron chi connectivity index (χ2n) is 8.33. The molecule has 0 aromatic heterocycles. The minimum atomic E-state index is -2.42. The lowest BCUT2D eigenvalue weighted by atomic mass is 9.71. The Morgan fingerprint density at radius 2 is 1.92 bits per heavy atom. The summed E-state index contributed by atoms with van der Waals surface area (Å²) in [5.74, 6) is 0.668. The van der Waals surface area contributed by atoms with Gasteiger partial charge in [0.25, 0.3) is 6.43 Å². The van der Waals surface area contributed by atoms with Crippen LogP contribution in [0.4, 0.5) is 8.78 Å². The zero-order valence-corrected chi connectivity index (χ0v) is 15.5. The molecule has 1 aliphatic heterocycles. The van der Waals surface area contributed by atoms with Gasteiger partial charge in [0, 0.05) is 24.6 Å². The van der Waals surface area contributed by atoms with Crippen LogP contribution < -0.4 is 0 Å². The van der Waals surface area contributed by atoms with Gasteiger partial charge in [-0.15, -0.1) is 0 Å². The van der Waals surface area contributed by atoms with Gasteiger partial charge in [-0.2, -0.15) is 0 Å². The van der Waals surface area contributed by atoms with Gasteiger partial charge >= 0.3 is 0 Å². The van der Waals surface area contributed by atoms with Gasteiger partial charge in [-0.05, 0) is 63.4 Å². The highest BCUT2D eigenvalue weighted by Crippen LogP contribution is 2.38. The van der Waals surface area contributed by atoms with Crippen molar-refractivity contribution < 1.29 is 18.7 Å². The maximum absolute atomic E-state index is 12.9. The summed E-state index contributed by atoms with van der Waals surface area (Å²) in [4.78, 5) is 14.5. The van der Waals surface area contributed by atoms with Crippen LogP contribution in [0.3, 0.4) is 0 Å². The molecule has 0 atom stereocenters. The summed E-state index contributed by atoms with van der Waals surface area (Å²) in [6.45, 7) is 3.33. The molecule has 2 aliphatic rings. The molecule has 0 bridgehead atoms. The average molecular weight is 365 g/mol. The van der Waals surface area contributed by atoms with E-state index in [9.17, 15) is 18.7 Å². The third-order valence-corrected chi connectivity index (χ3v) is 5.84. The molecular weight excluding hydrogens is 336 g/mol. The van der Waals surface area contributed by atoms with Crippen LogP contribution in [0, 0.1) is 11.8 Å². The van der Waals surface area contributed by atoms with Crippen molar-refractivity contribution in [2.75, 3.05) is 13.1 Å². The van der Waals surface area contributed by atoms with E-state index in [1.54, 1.807) is 19.1 Å². The maximum Gasteiger partial charge on any atom is 0.263 e. The summed E-state index contributed by atoms with van der Waals surface area (Å²) in [5, 5.41) is 9.84. The first-order valence-electron chi connectivity index (χ1n) is 9.72. The molecule has 0 unspecified atom stereocenters. The Hall–Kier alpha value is -1.49. The number of likely N-dealkylation sites (tertiary alicyclic amines) is 1. The molecule has 1 heterocycles. The largest absolute Gasteiger partial charge is 0.390 e. The summed E-state index contributed by atoms with van der Waals surface area (Å²) < 4.78 is 25.7. The Balaban J connectivity index is 1.49. The van der Waals surface area contributed by atoms with Crippen molar-refractivity contribution >= 4 is 5.91 Å². The molecule has 2 fully saturated rings. The van der Waals surface area contributed by atoms with Crippen molar-refractivity contribution in [3.05, 3.63) is 35.4 Å². The first-order valence-corrected chi connectivity index (χ1v) is 9.72. The Morgan fingerprint density at radius 1 is 1.27 bits per heavy atom. The number of carbonyl (C=O) groups is 1. The monoisotopic (exact) mass is 365 g/mol. The van der Waals surface area contributed by atoms with Crippen LogP contribution in [0.5, 0.6) is 0 Å². The molecule has 26 heavy (non-hydrogen) atoms. The molecule has 5 heteroatoms. The smallest absolute Gasteiger partial charge is 0.263 e. The predicted molar refractivity (Wildman–Crippen MR) is 97.0 cm³/mol. The van der Waals surface area contributed by atoms with Gasteiger partial charge in [0.15, 0.2) is 0 Å². The minimum Gasteiger partial charge on any atom is -0.390 e. The van der Waals surface area contributed by atoms with Gasteiger partial charge in [0.1, 0.15) is 0 Å². The standard InChI is InChI=1S/C21H29F2NO2/c1-21(26)13-18(14-21)20(25)24-9-3-6-15(7-4-10-24)11-16-5-2-8-17(12-16)19(22)23/h2,5,8,12,15,18-19,26H,3-4,6-7,9-11,13-14H2,1H3/t18-,21+. The van der Waals surface area contributed by atoms with Crippen molar-refractivity contribution in [2.24, 2.45) is 11.8 Å². The van der Waals surface area contributed by atoms with E-state index < -0.39 is 12.0 Å². The first kappa shape index (κ1) is 19.3. The first-order chi connectivity index (χ1) is 12.3. The molecule has 144 valence electrons. The Labute approximate surface area is 154 Å². The Kier molecular flexibility index (Phi) is 5.96. The fraction of sp³-hybridized carbons (Fsp3) is 0.667. The Morgan fingerprint density at radius 3 is 2.50 bits per heavy atom. The third kappa shape index (κ3) is 4.81. The molecule has 1 saturated carbocycles. The molecule has 3 rings (SSSR count). The number of hydrogen-bond acceptors (Lipinski definition) is 2. The molecule has 1 amide bonds.